The van der Waals surface area contributed by atoms with E-state index >= 15 is 0 Å². The number of amides is 1. The molecule has 0 unspecified atom stereocenters. The van der Waals surface area contributed by atoms with Crippen LogP contribution in [0.3, 0.4) is 0 Å². The van der Waals surface area contributed by atoms with E-state index in [2.05, 4.69) is 5.43 Å². The van der Waals surface area contributed by atoms with Gasteiger partial charge in [0.15, 0.2) is 0 Å². The second-order valence-corrected chi connectivity index (χ2v) is 3.30. The summed E-state index contributed by atoms with van der Waals surface area (Å²) in [5.74, 6) is 4.72. The largest absolute Gasteiger partial charge is 0.336 e. The molecule has 1 rings (SSSR count). The van der Waals surface area contributed by atoms with E-state index in [-0.39, 0.29) is 0 Å². The van der Waals surface area contributed by atoms with Gasteiger partial charge in [0, 0.05) is 18.3 Å². The maximum atomic E-state index is 12.1. The second-order valence-electron chi connectivity index (χ2n) is 3.30. The molecule has 0 saturated heterocycles. The Morgan fingerprint density at radius 1 is 1.44 bits per heavy atom. The predicted molar refractivity (Wildman–Crippen MR) is 57.2 cm³/mol. The van der Waals surface area contributed by atoms with Crippen molar-refractivity contribution in [2.75, 3.05) is 19.0 Å². The molecule has 0 aliphatic carbocycles. The lowest BCUT2D eigenvalue weighted by molar-refractivity contribution is 0.0620. The first-order chi connectivity index (χ1) is 7.54. The van der Waals surface area contributed by atoms with E-state index < -0.39 is 18.9 Å². The summed E-state index contributed by atoms with van der Waals surface area (Å²) < 4.78 is 24.1. The molecule has 1 amide bonds. The van der Waals surface area contributed by atoms with Gasteiger partial charge in [0.2, 0.25) is 0 Å². The molecule has 0 spiro atoms. The number of alkyl halides is 2. The molecular formula is C10H13F2N3O. The van der Waals surface area contributed by atoms with Crippen LogP contribution in [0.5, 0.6) is 0 Å². The number of nitrogens with two attached hydrogens (primary N) is 1. The minimum absolute atomic E-state index is 0.349. The average molecular weight is 229 g/mol. The van der Waals surface area contributed by atoms with E-state index in [9.17, 15) is 13.6 Å². The third-order valence-electron chi connectivity index (χ3n) is 2.06. The zero-order chi connectivity index (χ0) is 12.1. The van der Waals surface area contributed by atoms with Crippen LogP contribution >= 0.6 is 0 Å². The summed E-state index contributed by atoms with van der Waals surface area (Å²) in [6, 6.07) is 6.26. The molecule has 16 heavy (non-hydrogen) atoms. The van der Waals surface area contributed by atoms with Crippen molar-refractivity contribution in [1.29, 1.82) is 0 Å². The van der Waals surface area contributed by atoms with Crippen LogP contribution in [0.15, 0.2) is 24.3 Å². The number of hydrogen-bond acceptors (Lipinski definition) is 3. The van der Waals surface area contributed by atoms with Gasteiger partial charge in [0.1, 0.15) is 0 Å². The molecule has 0 radical (unpaired) electrons. The summed E-state index contributed by atoms with van der Waals surface area (Å²) in [5.41, 5.74) is 3.41. The molecule has 0 aromatic heterocycles. The van der Waals surface area contributed by atoms with Crippen molar-refractivity contribution in [3.8, 4) is 0 Å². The van der Waals surface area contributed by atoms with Crippen LogP contribution in [0.25, 0.3) is 0 Å². The Kier molecular flexibility index (Phi) is 4.19. The summed E-state index contributed by atoms with van der Waals surface area (Å²) in [4.78, 5) is 12.6. The molecule has 0 saturated carbocycles. The van der Waals surface area contributed by atoms with E-state index in [1.165, 1.54) is 19.2 Å². The number of halogens is 2. The van der Waals surface area contributed by atoms with Crippen LogP contribution in [0.2, 0.25) is 0 Å². The molecule has 88 valence electrons. The van der Waals surface area contributed by atoms with Crippen molar-refractivity contribution in [2.45, 2.75) is 6.43 Å². The van der Waals surface area contributed by atoms with Crippen LogP contribution in [0.4, 0.5) is 14.5 Å². The van der Waals surface area contributed by atoms with E-state index in [4.69, 9.17) is 5.84 Å². The molecule has 1 aromatic rings. The highest BCUT2D eigenvalue weighted by atomic mass is 19.3. The van der Waals surface area contributed by atoms with Crippen molar-refractivity contribution in [2.24, 2.45) is 5.84 Å². The third kappa shape index (κ3) is 3.16. The summed E-state index contributed by atoms with van der Waals surface area (Å²) in [7, 11) is 1.34. The zero-order valence-corrected chi connectivity index (χ0v) is 8.78. The monoisotopic (exact) mass is 229 g/mol. The van der Waals surface area contributed by atoms with E-state index in [1.807, 2.05) is 0 Å². The Balaban J connectivity index is 2.72. The minimum Gasteiger partial charge on any atom is -0.336 e. The minimum atomic E-state index is -2.53. The highest BCUT2D eigenvalue weighted by molar-refractivity contribution is 5.94. The molecule has 0 fully saturated rings. The molecule has 0 aliphatic rings. The standard InChI is InChI=1S/C10H13F2N3O/c1-15(6-9(11)12)10(16)7-2-4-8(14-13)5-3-7/h2-5,9,14H,6,13H2,1H3. The Morgan fingerprint density at radius 2 is 2.00 bits per heavy atom. The van der Waals surface area contributed by atoms with Crippen molar-refractivity contribution in [3.05, 3.63) is 29.8 Å². The quantitative estimate of drug-likeness (QED) is 0.604. The Labute approximate surface area is 92.0 Å². The van der Waals surface area contributed by atoms with E-state index in [1.54, 1.807) is 12.1 Å². The number of carbonyl (C=O) groups excluding carboxylic acids is 1. The number of nitrogens with zero attached hydrogens (tertiary/aromatic N) is 1. The number of anilines is 1. The summed E-state index contributed by atoms with van der Waals surface area (Å²) >= 11 is 0. The molecule has 0 atom stereocenters. The molecule has 0 aliphatic heterocycles. The van der Waals surface area contributed by atoms with Gasteiger partial charge < -0.3 is 10.3 Å². The molecule has 0 heterocycles. The van der Waals surface area contributed by atoms with Crippen molar-refractivity contribution in [3.63, 3.8) is 0 Å². The second kappa shape index (κ2) is 5.41. The maximum Gasteiger partial charge on any atom is 0.255 e. The van der Waals surface area contributed by atoms with Gasteiger partial charge in [-0.1, -0.05) is 0 Å². The number of nitrogens with one attached hydrogen (secondary N) is 1. The smallest absolute Gasteiger partial charge is 0.255 e. The van der Waals surface area contributed by atoms with Gasteiger partial charge in [-0.3, -0.25) is 10.6 Å². The van der Waals surface area contributed by atoms with Gasteiger partial charge >= 0.3 is 0 Å². The summed E-state index contributed by atoms with van der Waals surface area (Å²) in [6.45, 7) is -0.574. The topological polar surface area (TPSA) is 58.4 Å². The summed E-state index contributed by atoms with van der Waals surface area (Å²) in [6.07, 6.45) is -2.53. The van der Waals surface area contributed by atoms with Crippen molar-refractivity contribution >= 4 is 11.6 Å². The number of carbonyl (C=O) groups is 1. The highest BCUT2D eigenvalue weighted by Crippen LogP contribution is 2.10. The normalized spacial score (nSPS) is 10.3. The van der Waals surface area contributed by atoms with Crippen LogP contribution in [-0.4, -0.2) is 30.8 Å². The first-order valence-electron chi connectivity index (χ1n) is 4.65. The van der Waals surface area contributed by atoms with Gasteiger partial charge in [-0.15, -0.1) is 0 Å². The number of benzene rings is 1. The van der Waals surface area contributed by atoms with E-state index in [0.29, 0.717) is 11.3 Å². The average Bonchev–Trinajstić information content (AvgIpc) is 2.27. The Morgan fingerprint density at radius 3 is 2.44 bits per heavy atom. The molecular weight excluding hydrogens is 216 g/mol. The maximum absolute atomic E-state index is 12.1. The fraction of sp³-hybridized carbons (Fsp3) is 0.300. The van der Waals surface area contributed by atoms with Crippen LogP contribution < -0.4 is 11.3 Å². The van der Waals surface area contributed by atoms with Gasteiger partial charge in [-0.25, -0.2) is 8.78 Å². The highest BCUT2D eigenvalue weighted by Gasteiger charge is 2.15. The van der Waals surface area contributed by atoms with Crippen LogP contribution in [0.1, 0.15) is 10.4 Å². The van der Waals surface area contributed by atoms with Gasteiger partial charge in [0.25, 0.3) is 12.3 Å². The molecule has 4 nitrogen and oxygen atoms in total. The molecule has 6 heteroatoms. The lowest BCUT2D eigenvalue weighted by atomic mass is 10.2. The first-order valence-corrected chi connectivity index (χ1v) is 4.65. The fourth-order valence-electron chi connectivity index (χ4n) is 1.22. The molecule has 3 N–H and O–H groups in total. The summed E-state index contributed by atoms with van der Waals surface area (Å²) in [5, 5.41) is 0. The fourth-order valence-corrected chi connectivity index (χ4v) is 1.22. The van der Waals surface area contributed by atoms with Gasteiger partial charge in [-0.2, -0.15) is 0 Å². The lowest BCUT2D eigenvalue weighted by Gasteiger charge is -2.16. The van der Waals surface area contributed by atoms with Crippen molar-refractivity contribution < 1.29 is 13.6 Å². The number of hydrazine groups is 1. The van der Waals surface area contributed by atoms with E-state index in [0.717, 1.165) is 4.90 Å². The molecule has 1 aromatic carbocycles. The van der Waals surface area contributed by atoms with Crippen LogP contribution in [-0.2, 0) is 0 Å². The Bertz CT molecular complexity index is 354. The third-order valence-corrected chi connectivity index (χ3v) is 2.06. The number of hydrogen-bond donors (Lipinski definition) is 2. The number of nitrogen functional groups attached to an aromatic ring is 1. The number of rotatable bonds is 4. The zero-order valence-electron chi connectivity index (χ0n) is 8.78. The van der Waals surface area contributed by atoms with Gasteiger partial charge in [-0.05, 0) is 24.3 Å². The predicted octanol–water partition coefficient (Wildman–Crippen LogP) is 1.31. The Hall–Kier alpha value is -1.69. The lowest BCUT2D eigenvalue weighted by Crippen LogP contribution is -2.31. The SMILES string of the molecule is CN(CC(F)F)C(=O)c1ccc(NN)cc1. The van der Waals surface area contributed by atoms with Gasteiger partial charge in [0.05, 0.1) is 6.54 Å². The van der Waals surface area contributed by atoms with Crippen LogP contribution in [0, 0.1) is 0 Å². The van der Waals surface area contributed by atoms with Crippen molar-refractivity contribution in [1.82, 2.24) is 4.90 Å². The first kappa shape index (κ1) is 12.4. The molecule has 0 bridgehead atoms.